The Morgan fingerprint density at radius 3 is 2.14 bits per heavy atom. The fourth-order valence-corrected chi connectivity index (χ4v) is 5.74. The number of rotatable bonds is 10. The monoisotopic (exact) mass is 561 g/mol. The van der Waals surface area contributed by atoms with Gasteiger partial charge in [0.1, 0.15) is 12.6 Å². The molecule has 0 bridgehead atoms. The van der Waals surface area contributed by atoms with E-state index < -0.39 is 28.5 Å². The molecule has 0 aliphatic carbocycles. The van der Waals surface area contributed by atoms with Crippen molar-refractivity contribution in [3.63, 3.8) is 0 Å². The van der Waals surface area contributed by atoms with E-state index in [-0.39, 0.29) is 33.1 Å². The highest BCUT2D eigenvalue weighted by molar-refractivity contribution is 7.92. The maximum Gasteiger partial charge on any atom is 0.264 e. The summed E-state index contributed by atoms with van der Waals surface area (Å²) in [5, 5.41) is 3.17. The van der Waals surface area contributed by atoms with Gasteiger partial charge in [0.05, 0.1) is 10.6 Å². The number of hydrogen-bond donors (Lipinski definition) is 1. The smallest absolute Gasteiger partial charge is 0.264 e. The first-order valence-electron chi connectivity index (χ1n) is 11.7. The summed E-state index contributed by atoms with van der Waals surface area (Å²) < 4.78 is 28.4. The molecule has 0 heterocycles. The molecule has 2 amide bonds. The summed E-state index contributed by atoms with van der Waals surface area (Å²) >= 11 is 12.4. The van der Waals surface area contributed by atoms with Gasteiger partial charge in [0.15, 0.2) is 0 Å². The maximum atomic E-state index is 13.8. The summed E-state index contributed by atoms with van der Waals surface area (Å²) in [5.41, 5.74) is 1.92. The lowest BCUT2D eigenvalue weighted by atomic mass is 10.1. The summed E-state index contributed by atoms with van der Waals surface area (Å²) in [7, 11) is -4.19. The standard InChI is InChI=1S/C27H29Cl2N3O4S/c1-4-30-27(34)20(3)31(17-21-11-9-8-10-19(21)2)26(33)18-32(24-15-22(28)14-23(29)16-24)37(35,36)25-12-6-5-7-13-25/h5-16,20H,4,17-18H2,1-3H3,(H,30,34)/t20-/m0/s1. The van der Waals surface area contributed by atoms with E-state index in [4.69, 9.17) is 23.2 Å². The van der Waals surface area contributed by atoms with Gasteiger partial charge >= 0.3 is 0 Å². The zero-order valence-corrected chi connectivity index (χ0v) is 23.1. The van der Waals surface area contributed by atoms with Crippen LogP contribution in [0.2, 0.25) is 10.0 Å². The minimum Gasteiger partial charge on any atom is -0.355 e. The summed E-state index contributed by atoms with van der Waals surface area (Å²) in [6.07, 6.45) is 0. The van der Waals surface area contributed by atoms with Crippen molar-refractivity contribution in [1.29, 1.82) is 0 Å². The fourth-order valence-electron chi connectivity index (χ4n) is 3.81. The fraction of sp³-hybridized carbons (Fsp3) is 0.259. The molecule has 3 aromatic rings. The van der Waals surface area contributed by atoms with Crippen LogP contribution in [0, 0.1) is 6.92 Å². The molecule has 3 rings (SSSR count). The molecular weight excluding hydrogens is 533 g/mol. The van der Waals surface area contributed by atoms with Crippen LogP contribution in [0.3, 0.4) is 0 Å². The van der Waals surface area contributed by atoms with Gasteiger partial charge in [-0.1, -0.05) is 65.7 Å². The van der Waals surface area contributed by atoms with E-state index in [0.717, 1.165) is 15.4 Å². The van der Waals surface area contributed by atoms with E-state index in [1.165, 1.54) is 35.2 Å². The normalized spacial score (nSPS) is 12.0. The Balaban J connectivity index is 2.06. The molecule has 3 aromatic carbocycles. The molecule has 196 valence electrons. The van der Waals surface area contributed by atoms with Gasteiger partial charge in [0, 0.05) is 23.1 Å². The summed E-state index contributed by atoms with van der Waals surface area (Å²) in [6.45, 7) is 5.27. The van der Waals surface area contributed by atoms with Crippen LogP contribution in [0.25, 0.3) is 0 Å². The van der Waals surface area contributed by atoms with Crippen molar-refractivity contribution >= 4 is 50.7 Å². The van der Waals surface area contributed by atoms with Crippen molar-refractivity contribution in [2.24, 2.45) is 0 Å². The lowest BCUT2D eigenvalue weighted by molar-refractivity contribution is -0.139. The Hall–Kier alpha value is -3.07. The molecule has 1 atom stereocenters. The van der Waals surface area contributed by atoms with Crippen LogP contribution in [-0.2, 0) is 26.2 Å². The number of amides is 2. The second-order valence-electron chi connectivity index (χ2n) is 8.47. The molecule has 10 heteroatoms. The van der Waals surface area contributed by atoms with E-state index in [1.807, 2.05) is 31.2 Å². The van der Waals surface area contributed by atoms with Crippen molar-refractivity contribution < 1.29 is 18.0 Å². The molecule has 0 saturated heterocycles. The Morgan fingerprint density at radius 2 is 1.54 bits per heavy atom. The van der Waals surface area contributed by atoms with Gasteiger partial charge in [-0.2, -0.15) is 0 Å². The van der Waals surface area contributed by atoms with Crippen LogP contribution in [0.5, 0.6) is 0 Å². The van der Waals surface area contributed by atoms with E-state index in [0.29, 0.717) is 6.54 Å². The maximum absolute atomic E-state index is 13.8. The van der Waals surface area contributed by atoms with E-state index in [2.05, 4.69) is 5.32 Å². The molecule has 0 radical (unpaired) electrons. The zero-order chi connectivity index (χ0) is 27.2. The van der Waals surface area contributed by atoms with Crippen molar-refractivity contribution in [3.8, 4) is 0 Å². The third kappa shape index (κ3) is 7.03. The van der Waals surface area contributed by atoms with Crippen LogP contribution >= 0.6 is 23.2 Å². The molecular formula is C27H29Cl2N3O4S. The van der Waals surface area contributed by atoms with E-state index in [1.54, 1.807) is 32.0 Å². The molecule has 0 aliphatic heterocycles. The number of nitrogens with one attached hydrogen (secondary N) is 1. The van der Waals surface area contributed by atoms with Gasteiger partial charge in [-0.05, 0) is 62.2 Å². The number of carbonyl (C=O) groups is 2. The average molecular weight is 563 g/mol. The molecule has 0 aliphatic rings. The number of carbonyl (C=O) groups excluding carboxylic acids is 2. The van der Waals surface area contributed by atoms with E-state index in [9.17, 15) is 18.0 Å². The average Bonchev–Trinajstić information content (AvgIpc) is 2.86. The van der Waals surface area contributed by atoms with Crippen LogP contribution in [-0.4, -0.2) is 44.3 Å². The molecule has 7 nitrogen and oxygen atoms in total. The quantitative estimate of drug-likeness (QED) is 0.375. The van der Waals surface area contributed by atoms with Crippen LogP contribution in [0.4, 0.5) is 5.69 Å². The molecule has 0 saturated carbocycles. The van der Waals surface area contributed by atoms with Crippen molar-refractivity contribution in [2.45, 2.75) is 38.3 Å². The van der Waals surface area contributed by atoms with Crippen LogP contribution in [0.1, 0.15) is 25.0 Å². The topological polar surface area (TPSA) is 86.8 Å². The van der Waals surface area contributed by atoms with Crippen LogP contribution < -0.4 is 9.62 Å². The number of sulfonamides is 1. The molecule has 0 unspecified atom stereocenters. The van der Waals surface area contributed by atoms with Crippen LogP contribution in [0.15, 0.2) is 77.7 Å². The second-order valence-corrected chi connectivity index (χ2v) is 11.2. The number of hydrogen-bond acceptors (Lipinski definition) is 4. The zero-order valence-electron chi connectivity index (χ0n) is 20.8. The minimum atomic E-state index is -4.19. The number of anilines is 1. The molecule has 0 spiro atoms. The summed E-state index contributed by atoms with van der Waals surface area (Å²) in [4.78, 5) is 28.0. The van der Waals surface area contributed by atoms with Crippen molar-refractivity contribution in [2.75, 3.05) is 17.4 Å². The first kappa shape index (κ1) is 28.5. The Kier molecular flexibility index (Phi) is 9.59. The molecule has 37 heavy (non-hydrogen) atoms. The third-order valence-corrected chi connectivity index (χ3v) is 8.09. The predicted octanol–water partition coefficient (Wildman–Crippen LogP) is 5.05. The second kappa shape index (κ2) is 12.4. The number of likely N-dealkylation sites (N-methyl/N-ethyl adjacent to an activating group) is 1. The lowest BCUT2D eigenvalue weighted by Crippen LogP contribution is -2.51. The largest absolute Gasteiger partial charge is 0.355 e. The highest BCUT2D eigenvalue weighted by atomic mass is 35.5. The first-order valence-corrected chi connectivity index (χ1v) is 13.9. The lowest BCUT2D eigenvalue weighted by Gasteiger charge is -2.32. The van der Waals surface area contributed by atoms with Gasteiger partial charge in [-0.3, -0.25) is 13.9 Å². The SMILES string of the molecule is CCNC(=O)[C@H](C)N(Cc1ccccc1C)C(=O)CN(c1cc(Cl)cc(Cl)c1)S(=O)(=O)c1ccccc1. The number of nitrogens with zero attached hydrogens (tertiary/aromatic N) is 2. The van der Waals surface area contributed by atoms with Gasteiger partial charge in [0.25, 0.3) is 10.0 Å². The van der Waals surface area contributed by atoms with Crippen molar-refractivity contribution in [1.82, 2.24) is 10.2 Å². The van der Waals surface area contributed by atoms with Crippen molar-refractivity contribution in [3.05, 3.63) is 94.0 Å². The van der Waals surface area contributed by atoms with Gasteiger partial charge < -0.3 is 10.2 Å². The first-order chi connectivity index (χ1) is 17.5. The van der Waals surface area contributed by atoms with Gasteiger partial charge in [-0.25, -0.2) is 8.42 Å². The van der Waals surface area contributed by atoms with Gasteiger partial charge in [-0.15, -0.1) is 0 Å². The third-order valence-electron chi connectivity index (χ3n) is 5.87. The molecule has 0 fully saturated rings. The summed E-state index contributed by atoms with van der Waals surface area (Å²) in [5.74, 6) is -0.898. The molecule has 0 aromatic heterocycles. The Morgan fingerprint density at radius 1 is 0.946 bits per heavy atom. The highest BCUT2D eigenvalue weighted by Gasteiger charge is 2.32. The van der Waals surface area contributed by atoms with E-state index >= 15 is 0 Å². The number of aryl methyl sites for hydroxylation is 1. The number of benzene rings is 3. The van der Waals surface area contributed by atoms with Gasteiger partial charge in [0.2, 0.25) is 11.8 Å². The number of halogens is 2. The Bertz CT molecular complexity index is 1350. The predicted molar refractivity (Wildman–Crippen MR) is 147 cm³/mol. The highest BCUT2D eigenvalue weighted by Crippen LogP contribution is 2.30. The summed E-state index contributed by atoms with van der Waals surface area (Å²) in [6, 6.07) is 18.8. The molecule has 1 N–H and O–H groups in total. The minimum absolute atomic E-state index is 0.00104. The Labute approximate surface area is 228 Å².